The molecule has 0 fully saturated rings. The Labute approximate surface area is 123 Å². The summed E-state index contributed by atoms with van der Waals surface area (Å²) in [6.45, 7) is 2.49. The van der Waals surface area contributed by atoms with Crippen LogP contribution in [0, 0.1) is 5.82 Å². The first-order chi connectivity index (χ1) is 10.1. The van der Waals surface area contributed by atoms with E-state index in [4.69, 9.17) is 9.84 Å². The lowest BCUT2D eigenvalue weighted by Crippen LogP contribution is -2.34. The highest BCUT2D eigenvalue weighted by Gasteiger charge is 2.17. The fourth-order valence-corrected chi connectivity index (χ4v) is 1.81. The van der Waals surface area contributed by atoms with Crippen LogP contribution in [0.2, 0.25) is 0 Å². The minimum Gasteiger partial charge on any atom is -0.466 e. The first-order valence-corrected chi connectivity index (χ1v) is 6.89. The van der Waals surface area contributed by atoms with Gasteiger partial charge in [0.1, 0.15) is 5.82 Å². The molecule has 0 aliphatic heterocycles. The Balaban J connectivity index is 2.69. The van der Waals surface area contributed by atoms with Crippen LogP contribution in [0.25, 0.3) is 0 Å². The van der Waals surface area contributed by atoms with Crippen molar-refractivity contribution in [3.63, 3.8) is 0 Å². The lowest BCUT2D eigenvalue weighted by atomic mass is 10.2. The highest BCUT2D eigenvalue weighted by Crippen LogP contribution is 2.08. The van der Waals surface area contributed by atoms with Crippen molar-refractivity contribution in [2.24, 2.45) is 0 Å². The molecule has 1 amide bonds. The lowest BCUT2D eigenvalue weighted by Gasteiger charge is -2.22. The van der Waals surface area contributed by atoms with Gasteiger partial charge >= 0.3 is 5.97 Å². The fourth-order valence-electron chi connectivity index (χ4n) is 1.81. The average Bonchev–Trinajstić information content (AvgIpc) is 2.48. The van der Waals surface area contributed by atoms with Crippen molar-refractivity contribution in [1.82, 2.24) is 4.90 Å². The molecule has 116 valence electrons. The van der Waals surface area contributed by atoms with Crippen LogP contribution >= 0.6 is 0 Å². The maximum Gasteiger partial charge on any atom is 0.307 e. The summed E-state index contributed by atoms with van der Waals surface area (Å²) in [5.74, 6) is -1.09. The second kappa shape index (κ2) is 9.07. The third kappa shape index (κ3) is 5.91. The molecule has 0 bridgehead atoms. The molecule has 0 aliphatic rings. The number of amides is 1. The van der Waals surface area contributed by atoms with Crippen molar-refractivity contribution in [3.05, 3.63) is 35.6 Å². The number of hydrogen-bond acceptors (Lipinski definition) is 4. The smallest absolute Gasteiger partial charge is 0.307 e. The summed E-state index contributed by atoms with van der Waals surface area (Å²) in [6, 6.07) is 5.22. The largest absolute Gasteiger partial charge is 0.466 e. The molecule has 0 atom stereocenters. The predicted octanol–water partition coefficient (Wildman–Crippen LogP) is 1.60. The number of aliphatic hydroxyl groups excluding tert-OH is 1. The van der Waals surface area contributed by atoms with Crippen molar-refractivity contribution in [1.29, 1.82) is 0 Å². The van der Waals surface area contributed by atoms with E-state index in [1.54, 1.807) is 6.92 Å². The van der Waals surface area contributed by atoms with Gasteiger partial charge in [0.25, 0.3) is 5.91 Å². The minimum atomic E-state index is -0.417. The van der Waals surface area contributed by atoms with Crippen molar-refractivity contribution in [2.45, 2.75) is 19.8 Å². The van der Waals surface area contributed by atoms with Gasteiger partial charge in [0.05, 0.1) is 13.0 Å². The first-order valence-electron chi connectivity index (χ1n) is 6.89. The predicted molar refractivity (Wildman–Crippen MR) is 75.3 cm³/mol. The highest BCUT2D eigenvalue weighted by molar-refractivity contribution is 5.94. The number of hydrogen-bond donors (Lipinski definition) is 1. The zero-order valence-corrected chi connectivity index (χ0v) is 12.0. The third-order valence-corrected chi connectivity index (χ3v) is 2.86. The van der Waals surface area contributed by atoms with E-state index < -0.39 is 5.82 Å². The standard InChI is InChI=1S/C15H20FNO4/c1-2-21-14(19)8-10-17(9-3-11-18)15(20)12-4-6-13(16)7-5-12/h4-7,18H,2-3,8-11H2,1H3. The Hall–Kier alpha value is -1.95. The summed E-state index contributed by atoms with van der Waals surface area (Å²) in [7, 11) is 0. The van der Waals surface area contributed by atoms with E-state index in [0.717, 1.165) is 0 Å². The summed E-state index contributed by atoms with van der Waals surface area (Å²) < 4.78 is 17.7. The fraction of sp³-hybridized carbons (Fsp3) is 0.467. The number of aliphatic hydroxyl groups is 1. The molecule has 1 N–H and O–H groups in total. The maximum atomic E-state index is 12.9. The van der Waals surface area contributed by atoms with Gasteiger partial charge in [0.15, 0.2) is 0 Å². The van der Waals surface area contributed by atoms with Gasteiger partial charge in [-0.15, -0.1) is 0 Å². The molecule has 0 aromatic heterocycles. The summed E-state index contributed by atoms with van der Waals surface area (Å²) in [4.78, 5) is 25.1. The monoisotopic (exact) mass is 297 g/mol. The van der Waals surface area contributed by atoms with Gasteiger partial charge in [-0.25, -0.2) is 4.39 Å². The molecule has 0 saturated heterocycles. The third-order valence-electron chi connectivity index (χ3n) is 2.86. The van der Waals surface area contributed by atoms with Gasteiger partial charge < -0.3 is 14.7 Å². The molecule has 1 rings (SSSR count). The topological polar surface area (TPSA) is 66.8 Å². The van der Waals surface area contributed by atoms with Gasteiger partial charge in [-0.05, 0) is 37.6 Å². The van der Waals surface area contributed by atoms with Gasteiger partial charge in [-0.2, -0.15) is 0 Å². The Morgan fingerprint density at radius 1 is 1.24 bits per heavy atom. The summed E-state index contributed by atoms with van der Waals surface area (Å²) >= 11 is 0. The Kier molecular flexibility index (Phi) is 7.39. The van der Waals surface area contributed by atoms with Crippen molar-refractivity contribution in [3.8, 4) is 0 Å². The van der Waals surface area contributed by atoms with E-state index in [1.807, 2.05) is 0 Å². The lowest BCUT2D eigenvalue weighted by molar-refractivity contribution is -0.143. The summed E-state index contributed by atoms with van der Waals surface area (Å²) in [5.41, 5.74) is 0.346. The van der Waals surface area contributed by atoms with Crippen LogP contribution in [0.4, 0.5) is 4.39 Å². The van der Waals surface area contributed by atoms with Crippen molar-refractivity contribution >= 4 is 11.9 Å². The molecule has 21 heavy (non-hydrogen) atoms. The first kappa shape index (κ1) is 17.1. The van der Waals surface area contributed by atoms with Crippen LogP contribution in [-0.2, 0) is 9.53 Å². The van der Waals surface area contributed by atoms with Crippen LogP contribution in [-0.4, -0.2) is 48.2 Å². The Morgan fingerprint density at radius 2 is 1.90 bits per heavy atom. The minimum absolute atomic E-state index is 0.0490. The molecule has 0 radical (unpaired) electrons. The average molecular weight is 297 g/mol. The van der Waals surface area contributed by atoms with E-state index in [0.29, 0.717) is 25.1 Å². The zero-order chi connectivity index (χ0) is 15.7. The zero-order valence-electron chi connectivity index (χ0n) is 12.0. The highest BCUT2D eigenvalue weighted by atomic mass is 19.1. The van der Waals surface area contributed by atoms with Crippen LogP contribution in [0.1, 0.15) is 30.1 Å². The summed E-state index contributed by atoms with van der Waals surface area (Å²) in [5, 5.41) is 8.89. The molecule has 1 aromatic rings. The van der Waals surface area contributed by atoms with Crippen LogP contribution in [0.3, 0.4) is 0 Å². The molecule has 5 nitrogen and oxygen atoms in total. The maximum absolute atomic E-state index is 12.9. The van der Waals surface area contributed by atoms with E-state index in [2.05, 4.69) is 0 Å². The Morgan fingerprint density at radius 3 is 2.48 bits per heavy atom. The van der Waals surface area contributed by atoms with Crippen LogP contribution < -0.4 is 0 Å². The van der Waals surface area contributed by atoms with E-state index in [-0.39, 0.29) is 31.4 Å². The van der Waals surface area contributed by atoms with E-state index in [1.165, 1.54) is 29.2 Å². The number of benzene rings is 1. The molecular formula is C15H20FNO4. The van der Waals surface area contributed by atoms with Crippen molar-refractivity contribution in [2.75, 3.05) is 26.3 Å². The van der Waals surface area contributed by atoms with Gasteiger partial charge in [-0.1, -0.05) is 0 Å². The molecule has 0 saturated carbocycles. The second-order valence-corrected chi connectivity index (χ2v) is 4.43. The molecule has 0 unspecified atom stereocenters. The molecule has 0 spiro atoms. The number of carbonyl (C=O) groups excluding carboxylic acids is 2. The number of rotatable bonds is 8. The quantitative estimate of drug-likeness (QED) is 0.740. The normalized spacial score (nSPS) is 10.2. The SMILES string of the molecule is CCOC(=O)CCN(CCCO)C(=O)c1ccc(F)cc1. The molecule has 0 aliphatic carbocycles. The van der Waals surface area contributed by atoms with E-state index in [9.17, 15) is 14.0 Å². The van der Waals surface area contributed by atoms with Gasteiger partial charge in [-0.3, -0.25) is 9.59 Å². The second-order valence-electron chi connectivity index (χ2n) is 4.43. The number of ether oxygens (including phenoxy) is 1. The summed E-state index contributed by atoms with van der Waals surface area (Å²) in [6.07, 6.45) is 0.502. The molecule has 0 heterocycles. The van der Waals surface area contributed by atoms with Gasteiger partial charge in [0, 0.05) is 25.3 Å². The molecule has 6 heteroatoms. The van der Waals surface area contributed by atoms with Crippen molar-refractivity contribution < 1.29 is 23.8 Å². The number of carbonyl (C=O) groups is 2. The number of esters is 1. The number of nitrogens with zero attached hydrogens (tertiary/aromatic N) is 1. The molecule has 1 aromatic carbocycles. The van der Waals surface area contributed by atoms with Crippen LogP contribution in [0.5, 0.6) is 0 Å². The molecular weight excluding hydrogens is 277 g/mol. The van der Waals surface area contributed by atoms with Crippen LogP contribution in [0.15, 0.2) is 24.3 Å². The Bertz CT molecular complexity index is 461. The van der Waals surface area contributed by atoms with Gasteiger partial charge in [0.2, 0.25) is 0 Å². The van der Waals surface area contributed by atoms with E-state index >= 15 is 0 Å². The number of halogens is 1.